The Morgan fingerprint density at radius 1 is 0.714 bits per heavy atom. The van der Waals surface area contributed by atoms with Crippen LogP contribution in [0, 0.1) is 0 Å². The average Bonchev–Trinajstić information content (AvgIpc) is 2.42. The Kier molecular flexibility index (Phi) is 4.71. The molecule has 8 heteroatoms. The molecule has 8 nitrogen and oxygen atoms in total. The molecule has 2 atom stereocenters. The van der Waals surface area contributed by atoms with Crippen molar-refractivity contribution in [3.63, 3.8) is 0 Å². The second kappa shape index (κ2) is 6.14. The lowest BCUT2D eigenvalue weighted by molar-refractivity contribution is -0.483. The van der Waals surface area contributed by atoms with Gasteiger partial charge in [0.1, 0.15) is 11.2 Å². The van der Waals surface area contributed by atoms with Crippen molar-refractivity contribution in [2.24, 2.45) is 0 Å². The fraction of sp³-hybridized carbons (Fsp3) is 0.900. The van der Waals surface area contributed by atoms with E-state index in [1.54, 1.807) is 41.5 Å². The Morgan fingerprint density at radius 2 is 1.00 bits per heavy atom. The number of carbonyl (C=O) groups excluding carboxylic acids is 2. The maximum atomic E-state index is 13.0. The minimum absolute atomic E-state index is 0.308. The molecule has 160 valence electrons. The molecule has 2 aliphatic carbocycles. The molecule has 1 heterocycles. The normalized spacial score (nSPS) is 33.7. The average molecular weight is 399 g/mol. The minimum atomic E-state index is -2.27. The first-order valence-electron chi connectivity index (χ1n) is 10.1. The molecule has 0 aromatic heterocycles. The van der Waals surface area contributed by atoms with Crippen molar-refractivity contribution in [1.82, 2.24) is 10.6 Å². The number of hydrogen-bond donors (Lipinski definition) is 4. The molecule has 28 heavy (non-hydrogen) atoms. The van der Waals surface area contributed by atoms with E-state index in [1.807, 2.05) is 0 Å². The van der Waals surface area contributed by atoms with Gasteiger partial charge in [0.2, 0.25) is 0 Å². The van der Waals surface area contributed by atoms with Crippen molar-refractivity contribution in [1.29, 1.82) is 0 Å². The number of amides is 2. The summed E-state index contributed by atoms with van der Waals surface area (Å²) in [5.74, 6) is -5.95. The number of ether oxygens (including phenoxy) is 2. The highest BCUT2D eigenvalue weighted by molar-refractivity contribution is 5.89. The third-order valence-electron chi connectivity index (χ3n) is 5.84. The molecule has 1 saturated heterocycles. The van der Waals surface area contributed by atoms with Crippen LogP contribution in [0.1, 0.15) is 80.1 Å². The van der Waals surface area contributed by atoms with Crippen molar-refractivity contribution < 1.29 is 29.3 Å². The van der Waals surface area contributed by atoms with Gasteiger partial charge >= 0.3 is 0 Å². The first-order chi connectivity index (χ1) is 12.6. The number of aliphatic hydroxyl groups is 2. The number of nitrogens with one attached hydrogen (secondary N) is 2. The summed E-state index contributed by atoms with van der Waals surface area (Å²) in [6.45, 7) is 10.8. The predicted molar refractivity (Wildman–Crippen MR) is 101 cm³/mol. The molecule has 0 radical (unpaired) electrons. The molecule has 3 fully saturated rings. The summed E-state index contributed by atoms with van der Waals surface area (Å²) >= 11 is 0. The number of carbonyl (C=O) groups is 2. The number of rotatable bonds is 2. The van der Waals surface area contributed by atoms with Crippen LogP contribution < -0.4 is 10.6 Å². The molecule has 0 aromatic carbocycles. The summed E-state index contributed by atoms with van der Waals surface area (Å²) < 4.78 is 12.0. The monoisotopic (exact) mass is 398 g/mol. The zero-order valence-corrected chi connectivity index (χ0v) is 17.8. The lowest BCUT2D eigenvalue weighted by atomic mass is 9.66. The molecule has 0 bridgehead atoms. The topological polar surface area (TPSA) is 117 Å². The zero-order chi connectivity index (χ0) is 21.2. The number of hydrogen-bond acceptors (Lipinski definition) is 6. The van der Waals surface area contributed by atoms with E-state index in [-0.39, 0.29) is 0 Å². The van der Waals surface area contributed by atoms with E-state index in [2.05, 4.69) is 10.6 Å². The van der Waals surface area contributed by atoms with Crippen LogP contribution in [0.5, 0.6) is 0 Å². The minimum Gasteiger partial charge on any atom is -0.356 e. The fourth-order valence-electron chi connectivity index (χ4n) is 4.12. The Labute approximate surface area is 166 Å². The highest BCUT2D eigenvalue weighted by atomic mass is 16.8. The maximum absolute atomic E-state index is 13.0. The van der Waals surface area contributed by atoms with Crippen LogP contribution >= 0.6 is 0 Å². The fourth-order valence-corrected chi connectivity index (χ4v) is 4.12. The molecule has 1 aliphatic heterocycles. The van der Waals surface area contributed by atoms with Gasteiger partial charge in [-0.05, 0) is 80.1 Å². The van der Waals surface area contributed by atoms with Crippen LogP contribution in [0.3, 0.4) is 0 Å². The second-order valence-electron chi connectivity index (χ2n) is 10.6. The predicted octanol–water partition coefficient (Wildman–Crippen LogP) is 1.09. The van der Waals surface area contributed by atoms with Crippen molar-refractivity contribution in [3.8, 4) is 0 Å². The molecule has 3 rings (SSSR count). The lowest BCUT2D eigenvalue weighted by Gasteiger charge is -2.65. The van der Waals surface area contributed by atoms with Crippen LogP contribution in [0.4, 0.5) is 0 Å². The van der Waals surface area contributed by atoms with Crippen molar-refractivity contribution in [2.45, 2.75) is 114 Å². The van der Waals surface area contributed by atoms with Gasteiger partial charge in [0, 0.05) is 11.1 Å². The van der Waals surface area contributed by atoms with E-state index >= 15 is 0 Å². The first-order valence-corrected chi connectivity index (χ1v) is 10.1. The van der Waals surface area contributed by atoms with Crippen LogP contribution in [-0.4, -0.2) is 55.9 Å². The molecule has 0 unspecified atom stereocenters. The van der Waals surface area contributed by atoms with Gasteiger partial charge in [0.05, 0.1) is 0 Å². The van der Waals surface area contributed by atoms with E-state index in [0.29, 0.717) is 38.5 Å². The summed E-state index contributed by atoms with van der Waals surface area (Å²) in [4.78, 5) is 26.1. The Hall–Kier alpha value is -1.22. The SMILES string of the molecule is CC(C)(C)NC(=O)[C@]1(O)OC2(CCC2)[C@](O)(C(=O)NC(C)(C)C)OC12CCC2. The largest absolute Gasteiger partial charge is 0.356 e. The van der Waals surface area contributed by atoms with Crippen LogP contribution in [0.15, 0.2) is 0 Å². The smallest absolute Gasteiger partial charge is 0.283 e. The van der Waals surface area contributed by atoms with Crippen molar-refractivity contribution in [3.05, 3.63) is 0 Å². The van der Waals surface area contributed by atoms with Crippen molar-refractivity contribution in [2.75, 3.05) is 0 Å². The molecule has 4 N–H and O–H groups in total. The van der Waals surface area contributed by atoms with Crippen LogP contribution in [0.2, 0.25) is 0 Å². The van der Waals surface area contributed by atoms with Crippen LogP contribution in [0.25, 0.3) is 0 Å². The summed E-state index contributed by atoms with van der Waals surface area (Å²) in [7, 11) is 0. The standard InChI is InChI=1S/C20H34N2O6/c1-15(2,3)21-13(23)19(25)17(9-7-10-17)28-20(26,14(24)22-16(4,5)6)18(27-19)11-8-12-18/h25-26H,7-12H2,1-6H3,(H,21,23)(H,22,24)/t19-,20-/m0/s1. The molecular formula is C20H34N2O6. The van der Waals surface area contributed by atoms with E-state index in [9.17, 15) is 19.8 Å². The quantitative estimate of drug-likeness (QED) is 0.553. The Bertz CT molecular complexity index is 613. The summed E-state index contributed by atoms with van der Waals surface area (Å²) in [5, 5.41) is 28.4. The van der Waals surface area contributed by atoms with Gasteiger partial charge < -0.3 is 30.3 Å². The lowest BCUT2D eigenvalue weighted by Crippen LogP contribution is -2.84. The third kappa shape index (κ3) is 3.14. The maximum Gasteiger partial charge on any atom is 0.283 e. The highest BCUT2D eigenvalue weighted by Gasteiger charge is 2.77. The van der Waals surface area contributed by atoms with E-state index in [4.69, 9.17) is 9.47 Å². The van der Waals surface area contributed by atoms with E-state index < -0.39 is 45.7 Å². The van der Waals surface area contributed by atoms with Gasteiger partial charge in [-0.3, -0.25) is 9.59 Å². The summed E-state index contributed by atoms with van der Waals surface area (Å²) in [5.41, 5.74) is -4.11. The molecule has 2 amide bonds. The molecular weight excluding hydrogens is 364 g/mol. The molecule has 3 aliphatic rings. The van der Waals surface area contributed by atoms with E-state index in [1.165, 1.54) is 0 Å². The highest BCUT2D eigenvalue weighted by Crippen LogP contribution is 2.59. The van der Waals surface area contributed by atoms with Gasteiger partial charge in [0.15, 0.2) is 0 Å². The second-order valence-corrected chi connectivity index (χ2v) is 10.6. The van der Waals surface area contributed by atoms with Gasteiger partial charge in [-0.15, -0.1) is 0 Å². The molecule has 2 saturated carbocycles. The van der Waals surface area contributed by atoms with Gasteiger partial charge in [0.25, 0.3) is 23.4 Å². The van der Waals surface area contributed by atoms with Crippen LogP contribution in [-0.2, 0) is 19.1 Å². The van der Waals surface area contributed by atoms with Gasteiger partial charge in [-0.25, -0.2) is 0 Å². The third-order valence-corrected chi connectivity index (χ3v) is 5.84. The summed E-state index contributed by atoms with van der Waals surface area (Å²) in [6.07, 6.45) is 2.62. The Balaban J connectivity index is 1.99. The van der Waals surface area contributed by atoms with E-state index in [0.717, 1.165) is 0 Å². The van der Waals surface area contributed by atoms with Gasteiger partial charge in [-0.2, -0.15) is 0 Å². The zero-order valence-electron chi connectivity index (χ0n) is 17.8. The Morgan fingerprint density at radius 3 is 1.18 bits per heavy atom. The van der Waals surface area contributed by atoms with Crippen molar-refractivity contribution >= 4 is 11.8 Å². The molecule has 0 aromatic rings. The summed E-state index contributed by atoms with van der Waals surface area (Å²) in [6, 6.07) is 0. The van der Waals surface area contributed by atoms with Gasteiger partial charge in [-0.1, -0.05) is 0 Å². The molecule has 2 spiro atoms. The first kappa shape index (κ1) is 21.5.